The Balaban J connectivity index is 2.21. The number of hydrogen-bond acceptors (Lipinski definition) is 5. The van der Waals surface area contributed by atoms with E-state index in [0.717, 1.165) is 0 Å². The second-order valence-corrected chi connectivity index (χ2v) is 9.56. The molecule has 3 rings (SSSR count). The largest absolute Gasteiger partial charge is 0.329 e. The number of aryl methyl sites for hydroxylation is 2. The zero-order valence-electron chi connectivity index (χ0n) is 15.9. The molecule has 0 aliphatic heterocycles. The third kappa shape index (κ3) is 3.22. The summed E-state index contributed by atoms with van der Waals surface area (Å²) >= 11 is 11.8. The van der Waals surface area contributed by atoms with E-state index in [1.165, 1.54) is 29.3 Å². The summed E-state index contributed by atoms with van der Waals surface area (Å²) in [6.07, 6.45) is 1.30. The lowest BCUT2D eigenvalue weighted by atomic mass is 10.2. The topological polar surface area (TPSA) is 90.1 Å². The molecule has 0 bridgehead atoms. The normalized spacial score (nSPS) is 13.4. The van der Waals surface area contributed by atoms with E-state index in [9.17, 15) is 13.2 Å². The summed E-state index contributed by atoms with van der Waals surface area (Å²) in [6, 6.07) is 2.76. The zero-order valence-corrected chi connectivity index (χ0v) is 18.3. The van der Waals surface area contributed by atoms with Crippen molar-refractivity contribution in [3.63, 3.8) is 0 Å². The van der Waals surface area contributed by atoms with E-state index in [4.69, 9.17) is 23.2 Å². The molecular weight excluding hydrogens is 425 g/mol. The molecule has 11 heteroatoms. The van der Waals surface area contributed by atoms with Gasteiger partial charge >= 0.3 is 0 Å². The average molecular weight is 444 g/mol. The van der Waals surface area contributed by atoms with Gasteiger partial charge in [-0.25, -0.2) is 22.4 Å². The van der Waals surface area contributed by atoms with Gasteiger partial charge in [-0.2, -0.15) is 5.10 Å². The van der Waals surface area contributed by atoms with Gasteiger partial charge in [-0.1, -0.05) is 23.2 Å². The summed E-state index contributed by atoms with van der Waals surface area (Å²) in [7, 11) is 1.12. The Morgan fingerprint density at radius 3 is 2.46 bits per heavy atom. The molecule has 0 saturated carbocycles. The first kappa shape index (κ1) is 20.8. The van der Waals surface area contributed by atoms with E-state index in [0.29, 0.717) is 22.4 Å². The van der Waals surface area contributed by atoms with Gasteiger partial charge in [-0.05, 0) is 31.5 Å². The van der Waals surface area contributed by atoms with Crippen LogP contribution in [0.2, 0.25) is 10.0 Å². The fraction of sp³-hybridized carbons (Fsp3) is 0.353. The summed E-state index contributed by atoms with van der Waals surface area (Å²) in [5.41, 5.74) is 1.30. The fourth-order valence-corrected chi connectivity index (χ4v) is 4.38. The number of aromatic nitrogens is 4. The minimum atomic E-state index is -3.60. The molecule has 0 aliphatic rings. The van der Waals surface area contributed by atoms with Crippen LogP contribution in [-0.2, 0) is 17.1 Å². The van der Waals surface area contributed by atoms with Crippen molar-refractivity contribution >= 4 is 44.3 Å². The van der Waals surface area contributed by atoms with Crippen molar-refractivity contribution < 1.29 is 8.42 Å². The second kappa shape index (κ2) is 7.14. The number of hydrogen-bond donors (Lipinski definition) is 0. The third-order valence-corrected chi connectivity index (χ3v) is 7.32. The first-order chi connectivity index (χ1) is 13.0. The summed E-state index contributed by atoms with van der Waals surface area (Å²) in [6.45, 7) is 3.48. The average Bonchev–Trinajstić information content (AvgIpc) is 2.94. The highest BCUT2D eigenvalue weighted by atomic mass is 35.5. The van der Waals surface area contributed by atoms with E-state index < -0.39 is 21.6 Å². The van der Waals surface area contributed by atoms with Crippen molar-refractivity contribution in [1.29, 1.82) is 0 Å². The molecule has 0 fully saturated rings. The molecule has 28 heavy (non-hydrogen) atoms. The van der Waals surface area contributed by atoms with E-state index in [2.05, 4.69) is 10.1 Å². The van der Waals surface area contributed by atoms with Crippen LogP contribution in [0.4, 0.5) is 0 Å². The maximum absolute atomic E-state index is 12.6. The molecule has 2 heterocycles. The van der Waals surface area contributed by atoms with Crippen LogP contribution in [0.25, 0.3) is 11.0 Å². The molecule has 3 aromatic rings. The van der Waals surface area contributed by atoms with Gasteiger partial charge in [-0.3, -0.25) is 4.79 Å². The second-order valence-electron chi connectivity index (χ2n) is 6.66. The Kier molecular flexibility index (Phi) is 5.30. The van der Waals surface area contributed by atoms with Crippen molar-refractivity contribution in [2.24, 2.45) is 7.05 Å². The van der Waals surface area contributed by atoms with Crippen LogP contribution in [0.1, 0.15) is 24.4 Å². The van der Waals surface area contributed by atoms with Gasteiger partial charge in [0.25, 0.3) is 5.56 Å². The standard InChI is InChI=1S/C17H19Cl2N5O3S/c1-9-6-12-13(7-14(9)28(26,27)22(3)4)23(5)16(21-12)10(2)24-17(25)15(19)11(18)8-20-24/h6-8,10H,1-5H3. The Bertz CT molecular complexity index is 1250. The van der Waals surface area contributed by atoms with Crippen LogP contribution in [-0.4, -0.2) is 46.1 Å². The Morgan fingerprint density at radius 2 is 1.86 bits per heavy atom. The predicted molar refractivity (Wildman–Crippen MR) is 109 cm³/mol. The summed E-state index contributed by atoms with van der Waals surface area (Å²) < 4.78 is 29.3. The molecular formula is C17H19Cl2N5O3S. The first-order valence-corrected chi connectivity index (χ1v) is 10.5. The first-order valence-electron chi connectivity index (χ1n) is 8.29. The van der Waals surface area contributed by atoms with Crippen LogP contribution < -0.4 is 5.56 Å². The van der Waals surface area contributed by atoms with Crippen molar-refractivity contribution in [3.8, 4) is 0 Å². The van der Waals surface area contributed by atoms with Gasteiger partial charge < -0.3 is 4.57 Å². The lowest BCUT2D eigenvalue weighted by Gasteiger charge is -2.15. The maximum atomic E-state index is 12.6. The van der Waals surface area contributed by atoms with E-state index >= 15 is 0 Å². The molecule has 8 nitrogen and oxygen atoms in total. The lowest BCUT2D eigenvalue weighted by Crippen LogP contribution is -2.28. The summed E-state index contributed by atoms with van der Waals surface area (Å²) in [5, 5.41) is 4.02. The molecule has 1 aromatic carbocycles. The monoisotopic (exact) mass is 443 g/mol. The zero-order chi connectivity index (χ0) is 21.0. The van der Waals surface area contributed by atoms with Crippen LogP contribution in [0.15, 0.2) is 28.0 Å². The van der Waals surface area contributed by atoms with Gasteiger partial charge in [0.1, 0.15) is 16.9 Å². The van der Waals surface area contributed by atoms with Crippen molar-refractivity contribution in [1.82, 2.24) is 23.6 Å². The van der Waals surface area contributed by atoms with Gasteiger partial charge in [0.2, 0.25) is 10.0 Å². The molecule has 0 radical (unpaired) electrons. The third-order valence-electron chi connectivity index (χ3n) is 4.61. The number of sulfonamides is 1. The molecule has 1 atom stereocenters. The van der Waals surface area contributed by atoms with Gasteiger partial charge in [0.05, 0.1) is 27.1 Å². The number of rotatable bonds is 4. The van der Waals surface area contributed by atoms with Crippen molar-refractivity contribution in [3.05, 3.63) is 50.1 Å². The van der Waals surface area contributed by atoms with E-state index in [1.807, 2.05) is 0 Å². The fourth-order valence-electron chi connectivity index (χ4n) is 3.00. The van der Waals surface area contributed by atoms with Gasteiger partial charge in [0, 0.05) is 21.1 Å². The molecule has 0 aliphatic carbocycles. The number of imidazole rings is 1. The minimum Gasteiger partial charge on any atom is -0.329 e. The lowest BCUT2D eigenvalue weighted by molar-refractivity contribution is 0.497. The maximum Gasteiger partial charge on any atom is 0.287 e. The molecule has 0 saturated heterocycles. The Labute approximate surface area is 172 Å². The molecule has 0 N–H and O–H groups in total. The van der Waals surface area contributed by atoms with Gasteiger partial charge in [-0.15, -0.1) is 0 Å². The van der Waals surface area contributed by atoms with Crippen LogP contribution >= 0.6 is 23.2 Å². The van der Waals surface area contributed by atoms with Crippen molar-refractivity contribution in [2.75, 3.05) is 14.1 Å². The van der Waals surface area contributed by atoms with Crippen molar-refractivity contribution in [2.45, 2.75) is 24.8 Å². The van der Waals surface area contributed by atoms with E-state index in [-0.39, 0.29) is 14.9 Å². The molecule has 0 spiro atoms. The Morgan fingerprint density at radius 1 is 1.21 bits per heavy atom. The quantitative estimate of drug-likeness (QED) is 0.617. The highest BCUT2D eigenvalue weighted by Gasteiger charge is 2.24. The number of benzene rings is 1. The summed E-state index contributed by atoms with van der Waals surface area (Å²) in [5.74, 6) is 0.529. The molecule has 1 unspecified atom stereocenters. The summed E-state index contributed by atoms with van der Waals surface area (Å²) in [4.78, 5) is 17.2. The molecule has 150 valence electrons. The predicted octanol–water partition coefficient (Wildman–Crippen LogP) is 2.60. The smallest absolute Gasteiger partial charge is 0.287 e. The SMILES string of the molecule is Cc1cc2nc(C(C)n3ncc(Cl)c(Cl)c3=O)n(C)c2cc1S(=O)(=O)N(C)C. The van der Waals surface area contributed by atoms with E-state index in [1.54, 1.807) is 37.6 Å². The van der Waals surface area contributed by atoms with Crippen LogP contribution in [0.5, 0.6) is 0 Å². The van der Waals surface area contributed by atoms with Crippen LogP contribution in [0.3, 0.4) is 0 Å². The molecule has 0 amide bonds. The number of halogens is 2. The number of nitrogens with zero attached hydrogens (tertiary/aromatic N) is 5. The highest BCUT2D eigenvalue weighted by Crippen LogP contribution is 2.28. The number of fused-ring (bicyclic) bond motifs is 1. The van der Waals surface area contributed by atoms with Gasteiger partial charge in [0.15, 0.2) is 0 Å². The molecule has 2 aromatic heterocycles. The highest BCUT2D eigenvalue weighted by molar-refractivity contribution is 7.89. The Hall–Kier alpha value is -1.94. The van der Waals surface area contributed by atoms with Crippen LogP contribution in [0, 0.1) is 6.92 Å². The minimum absolute atomic E-state index is 0.0780.